The summed E-state index contributed by atoms with van der Waals surface area (Å²) in [4.78, 5) is 28.9. The van der Waals surface area contributed by atoms with Crippen LogP contribution in [0.1, 0.15) is 16.7 Å². The van der Waals surface area contributed by atoms with Gasteiger partial charge in [0, 0.05) is 25.0 Å². The summed E-state index contributed by atoms with van der Waals surface area (Å²) < 4.78 is 42.7. The van der Waals surface area contributed by atoms with Crippen molar-refractivity contribution in [2.24, 2.45) is 0 Å². The van der Waals surface area contributed by atoms with Crippen LogP contribution in [0.4, 0.5) is 10.1 Å². The Balaban J connectivity index is 1.81. The summed E-state index contributed by atoms with van der Waals surface area (Å²) in [5, 5.41) is 2.93. The zero-order chi connectivity index (χ0) is 30.3. The molecule has 0 heterocycles. The normalized spacial score (nSPS) is 11.9. The van der Waals surface area contributed by atoms with Gasteiger partial charge in [0.2, 0.25) is 11.8 Å². The molecule has 0 fully saturated rings. The number of halogens is 2. The summed E-state index contributed by atoms with van der Waals surface area (Å²) in [6.45, 7) is 1.06. The highest BCUT2D eigenvalue weighted by Gasteiger charge is 2.34. The predicted octanol–water partition coefficient (Wildman–Crippen LogP) is 5.37. The van der Waals surface area contributed by atoms with Crippen LogP contribution >= 0.6 is 11.6 Å². The summed E-state index contributed by atoms with van der Waals surface area (Å²) in [7, 11) is -2.76. The van der Waals surface area contributed by atoms with E-state index in [4.69, 9.17) is 11.6 Å². The first kappa shape index (κ1) is 30.7. The standard InChI is InChI=1S/C32H31ClFN3O4S/c1-23-13-16-26(33)20-29(23)37(42(40,41)28-11-7-4-8-12-28)22-31(38)36(21-25-14-17-27(34)18-15-25)30(32(39)35-2)19-24-9-5-3-6-10-24/h3-18,20,30H,19,21-22H2,1-2H3,(H,35,39)/t30-/m1/s1. The van der Waals surface area contributed by atoms with Crippen molar-refractivity contribution < 1.29 is 22.4 Å². The van der Waals surface area contributed by atoms with Crippen molar-refractivity contribution in [1.82, 2.24) is 10.2 Å². The number of aryl methyl sites for hydroxylation is 1. The van der Waals surface area contributed by atoms with Gasteiger partial charge in [0.05, 0.1) is 10.6 Å². The largest absolute Gasteiger partial charge is 0.357 e. The maximum atomic E-state index is 14.3. The molecule has 0 unspecified atom stereocenters. The van der Waals surface area contributed by atoms with Crippen molar-refractivity contribution in [3.05, 3.63) is 131 Å². The third-order valence-electron chi connectivity index (χ3n) is 6.83. The van der Waals surface area contributed by atoms with Gasteiger partial charge in [-0.05, 0) is 60.0 Å². The molecule has 0 aromatic heterocycles. The molecule has 10 heteroatoms. The Morgan fingerprint density at radius 1 is 0.881 bits per heavy atom. The highest BCUT2D eigenvalue weighted by Crippen LogP contribution is 2.30. The van der Waals surface area contributed by atoms with Crippen LogP contribution < -0.4 is 9.62 Å². The van der Waals surface area contributed by atoms with Gasteiger partial charge in [-0.1, -0.05) is 78.3 Å². The lowest BCUT2D eigenvalue weighted by molar-refractivity contribution is -0.139. The Hall–Kier alpha value is -4.21. The average molecular weight is 608 g/mol. The van der Waals surface area contributed by atoms with E-state index >= 15 is 0 Å². The highest BCUT2D eigenvalue weighted by atomic mass is 35.5. The first-order valence-electron chi connectivity index (χ1n) is 13.2. The number of hydrogen-bond acceptors (Lipinski definition) is 4. The number of nitrogens with one attached hydrogen (secondary N) is 1. The molecule has 1 N–H and O–H groups in total. The lowest BCUT2D eigenvalue weighted by atomic mass is 10.0. The van der Waals surface area contributed by atoms with E-state index in [1.165, 1.54) is 54.4 Å². The second-order valence-corrected chi connectivity index (χ2v) is 12.0. The van der Waals surface area contributed by atoms with Crippen molar-refractivity contribution in [1.29, 1.82) is 0 Å². The molecule has 218 valence electrons. The molecule has 0 saturated carbocycles. The number of sulfonamides is 1. The number of amides is 2. The molecular weight excluding hydrogens is 577 g/mol. The smallest absolute Gasteiger partial charge is 0.264 e. The molecule has 4 aromatic carbocycles. The van der Waals surface area contributed by atoms with Crippen molar-refractivity contribution in [2.45, 2.75) is 30.8 Å². The van der Waals surface area contributed by atoms with Crippen molar-refractivity contribution in [2.75, 3.05) is 17.9 Å². The summed E-state index contributed by atoms with van der Waals surface area (Å²) in [5.74, 6) is -1.49. The van der Waals surface area contributed by atoms with E-state index in [-0.39, 0.29) is 23.5 Å². The van der Waals surface area contributed by atoms with E-state index in [0.29, 0.717) is 16.1 Å². The number of anilines is 1. The molecule has 0 aliphatic carbocycles. The van der Waals surface area contributed by atoms with E-state index in [0.717, 1.165) is 9.87 Å². The fraction of sp³-hybridized carbons (Fsp3) is 0.188. The monoisotopic (exact) mass is 607 g/mol. The summed E-state index contributed by atoms with van der Waals surface area (Å²) in [5.41, 5.74) is 2.20. The van der Waals surface area contributed by atoms with Gasteiger partial charge in [0.15, 0.2) is 0 Å². The van der Waals surface area contributed by atoms with Gasteiger partial charge < -0.3 is 10.2 Å². The van der Waals surface area contributed by atoms with Gasteiger partial charge in [-0.3, -0.25) is 13.9 Å². The Labute approximate surface area is 250 Å². The third kappa shape index (κ3) is 7.35. The molecule has 0 saturated heterocycles. The van der Waals surface area contributed by atoms with Crippen LogP contribution in [-0.2, 0) is 32.6 Å². The van der Waals surface area contributed by atoms with Crippen LogP contribution in [0.15, 0.2) is 108 Å². The molecule has 4 aromatic rings. The second kappa shape index (κ2) is 13.6. The topological polar surface area (TPSA) is 86.8 Å². The van der Waals surface area contributed by atoms with Crippen LogP contribution in [0.5, 0.6) is 0 Å². The minimum absolute atomic E-state index is 0.00519. The van der Waals surface area contributed by atoms with Gasteiger partial charge in [0.1, 0.15) is 18.4 Å². The molecule has 0 spiro atoms. The number of benzene rings is 4. The fourth-order valence-electron chi connectivity index (χ4n) is 4.59. The quantitative estimate of drug-likeness (QED) is 0.248. The molecule has 0 aliphatic rings. The van der Waals surface area contributed by atoms with Gasteiger partial charge >= 0.3 is 0 Å². The van der Waals surface area contributed by atoms with E-state index in [2.05, 4.69) is 5.32 Å². The highest BCUT2D eigenvalue weighted by molar-refractivity contribution is 7.92. The third-order valence-corrected chi connectivity index (χ3v) is 8.84. The lowest BCUT2D eigenvalue weighted by Gasteiger charge is -2.34. The van der Waals surface area contributed by atoms with Gasteiger partial charge in [-0.15, -0.1) is 0 Å². The number of carbonyl (C=O) groups excluding carboxylic acids is 2. The first-order valence-corrected chi connectivity index (χ1v) is 15.1. The SMILES string of the molecule is CNC(=O)[C@@H](Cc1ccccc1)N(Cc1ccc(F)cc1)C(=O)CN(c1cc(Cl)ccc1C)S(=O)(=O)c1ccccc1. The minimum atomic E-state index is -4.23. The van der Waals surface area contributed by atoms with Crippen molar-refractivity contribution >= 4 is 39.1 Å². The fourth-order valence-corrected chi connectivity index (χ4v) is 6.25. The Kier molecular flexibility index (Phi) is 9.98. The Bertz CT molecular complexity index is 1640. The Morgan fingerprint density at radius 3 is 2.12 bits per heavy atom. The molecule has 7 nitrogen and oxygen atoms in total. The number of carbonyl (C=O) groups is 2. The molecular formula is C32H31ClFN3O4S. The molecule has 42 heavy (non-hydrogen) atoms. The summed E-state index contributed by atoms with van der Waals surface area (Å²) in [6, 6.07) is 26.4. The van der Waals surface area contributed by atoms with Gasteiger partial charge in [0.25, 0.3) is 10.0 Å². The van der Waals surface area contributed by atoms with E-state index in [9.17, 15) is 22.4 Å². The van der Waals surface area contributed by atoms with Gasteiger partial charge in [-0.25, -0.2) is 12.8 Å². The summed E-state index contributed by atoms with van der Waals surface area (Å²) >= 11 is 6.28. The number of nitrogens with zero attached hydrogens (tertiary/aromatic N) is 2. The minimum Gasteiger partial charge on any atom is -0.357 e. The van der Waals surface area contributed by atoms with Crippen molar-refractivity contribution in [3.63, 3.8) is 0 Å². The number of hydrogen-bond donors (Lipinski definition) is 1. The van der Waals surface area contributed by atoms with E-state index in [1.807, 2.05) is 30.3 Å². The molecule has 0 aliphatic heterocycles. The maximum absolute atomic E-state index is 14.3. The molecule has 0 radical (unpaired) electrons. The molecule has 0 bridgehead atoms. The van der Waals surface area contributed by atoms with Crippen LogP contribution in [0.2, 0.25) is 5.02 Å². The zero-order valence-electron chi connectivity index (χ0n) is 23.2. The molecule has 4 rings (SSSR count). The van der Waals surface area contributed by atoms with Crippen LogP contribution in [0.3, 0.4) is 0 Å². The first-order chi connectivity index (χ1) is 20.1. The number of rotatable bonds is 11. The van der Waals surface area contributed by atoms with Crippen LogP contribution in [0.25, 0.3) is 0 Å². The second-order valence-electron chi connectivity index (χ2n) is 9.72. The molecule has 2 amide bonds. The van der Waals surface area contributed by atoms with E-state index in [1.54, 1.807) is 37.3 Å². The van der Waals surface area contributed by atoms with Gasteiger partial charge in [-0.2, -0.15) is 0 Å². The Morgan fingerprint density at radius 2 is 1.50 bits per heavy atom. The molecule has 1 atom stereocenters. The zero-order valence-corrected chi connectivity index (χ0v) is 24.8. The van der Waals surface area contributed by atoms with Crippen molar-refractivity contribution in [3.8, 4) is 0 Å². The van der Waals surface area contributed by atoms with Crippen LogP contribution in [-0.4, -0.2) is 44.8 Å². The summed E-state index contributed by atoms with van der Waals surface area (Å²) in [6.07, 6.45) is 0.176. The maximum Gasteiger partial charge on any atom is 0.264 e. The average Bonchev–Trinajstić information content (AvgIpc) is 3.00. The predicted molar refractivity (Wildman–Crippen MR) is 162 cm³/mol. The number of likely N-dealkylation sites (N-methyl/N-ethyl adjacent to an activating group) is 1. The lowest BCUT2D eigenvalue weighted by Crippen LogP contribution is -2.53. The van der Waals surface area contributed by atoms with Crippen LogP contribution in [0, 0.1) is 12.7 Å². The van der Waals surface area contributed by atoms with E-state index < -0.39 is 40.2 Å².